The predicted molar refractivity (Wildman–Crippen MR) is 79.5 cm³/mol. The lowest BCUT2D eigenvalue weighted by Crippen LogP contribution is -2.24. The summed E-state index contributed by atoms with van der Waals surface area (Å²) >= 11 is 0. The second-order valence-electron chi connectivity index (χ2n) is 4.94. The van der Waals surface area contributed by atoms with Crippen molar-refractivity contribution in [2.24, 2.45) is 0 Å². The first-order chi connectivity index (χ1) is 9.85. The highest BCUT2D eigenvalue weighted by Crippen LogP contribution is 2.28. The van der Waals surface area contributed by atoms with E-state index in [1.54, 1.807) is 0 Å². The van der Waals surface area contributed by atoms with E-state index in [4.69, 9.17) is 9.72 Å². The summed E-state index contributed by atoms with van der Waals surface area (Å²) < 4.78 is 8.08. The number of ether oxygens (including phenoxy) is 1. The van der Waals surface area contributed by atoms with Crippen molar-refractivity contribution in [3.8, 4) is 11.4 Å². The standard InChI is InChI=1S/C16H21N3O/c1-3-16-18-12-11-17-10-9-13(12)19(16)14-7-5-6-8-15(14)20-4-2/h5-8,17H,3-4,9-11H2,1-2H3. The quantitative estimate of drug-likeness (QED) is 0.928. The molecule has 0 saturated carbocycles. The number of para-hydroxylation sites is 2. The molecule has 0 aliphatic carbocycles. The molecule has 0 radical (unpaired) electrons. The van der Waals surface area contributed by atoms with E-state index in [-0.39, 0.29) is 0 Å². The molecule has 0 amide bonds. The molecule has 1 aliphatic heterocycles. The summed E-state index contributed by atoms with van der Waals surface area (Å²) in [6.07, 6.45) is 1.94. The van der Waals surface area contributed by atoms with Gasteiger partial charge in [-0.15, -0.1) is 0 Å². The molecule has 0 spiro atoms. The SMILES string of the molecule is CCOc1ccccc1-n1c(CC)nc2c1CCNC2. The fraction of sp³-hybridized carbons (Fsp3) is 0.438. The van der Waals surface area contributed by atoms with E-state index in [1.165, 1.54) is 11.4 Å². The predicted octanol–water partition coefficient (Wildman–Crippen LogP) is 2.48. The Kier molecular flexibility index (Phi) is 3.74. The van der Waals surface area contributed by atoms with Gasteiger partial charge in [0.2, 0.25) is 0 Å². The Morgan fingerprint density at radius 1 is 1.30 bits per heavy atom. The minimum absolute atomic E-state index is 0.677. The van der Waals surface area contributed by atoms with E-state index in [1.807, 2.05) is 19.1 Å². The van der Waals surface area contributed by atoms with Gasteiger partial charge < -0.3 is 10.1 Å². The van der Waals surface area contributed by atoms with Gasteiger partial charge in [0.05, 0.1) is 18.0 Å². The average molecular weight is 271 g/mol. The molecule has 0 saturated heterocycles. The molecule has 0 bridgehead atoms. The Hall–Kier alpha value is -1.81. The molecule has 1 N–H and O–H groups in total. The van der Waals surface area contributed by atoms with Crippen molar-refractivity contribution < 1.29 is 4.74 Å². The Morgan fingerprint density at radius 2 is 2.15 bits per heavy atom. The first kappa shape index (κ1) is 13.2. The molecular weight excluding hydrogens is 250 g/mol. The molecule has 4 nitrogen and oxygen atoms in total. The number of fused-ring (bicyclic) bond motifs is 1. The summed E-state index contributed by atoms with van der Waals surface area (Å²) in [7, 11) is 0. The van der Waals surface area contributed by atoms with Crippen LogP contribution in [-0.4, -0.2) is 22.7 Å². The first-order valence-electron chi connectivity index (χ1n) is 7.37. The summed E-state index contributed by atoms with van der Waals surface area (Å²) in [6.45, 7) is 6.73. The number of nitrogens with one attached hydrogen (secondary N) is 1. The van der Waals surface area contributed by atoms with Crippen LogP contribution in [0.2, 0.25) is 0 Å². The minimum Gasteiger partial charge on any atom is -0.492 e. The van der Waals surface area contributed by atoms with E-state index in [0.717, 1.165) is 43.2 Å². The summed E-state index contributed by atoms with van der Waals surface area (Å²) in [4.78, 5) is 4.79. The number of imidazole rings is 1. The van der Waals surface area contributed by atoms with Crippen molar-refractivity contribution in [2.75, 3.05) is 13.2 Å². The van der Waals surface area contributed by atoms with Crippen molar-refractivity contribution in [2.45, 2.75) is 33.2 Å². The first-order valence-corrected chi connectivity index (χ1v) is 7.37. The average Bonchev–Trinajstić information content (AvgIpc) is 2.86. The molecule has 20 heavy (non-hydrogen) atoms. The zero-order valence-corrected chi connectivity index (χ0v) is 12.1. The summed E-state index contributed by atoms with van der Waals surface area (Å²) in [6, 6.07) is 8.23. The lowest BCUT2D eigenvalue weighted by Gasteiger charge is -2.18. The van der Waals surface area contributed by atoms with Gasteiger partial charge in [0.15, 0.2) is 0 Å². The van der Waals surface area contributed by atoms with Crippen LogP contribution in [0, 0.1) is 0 Å². The smallest absolute Gasteiger partial charge is 0.143 e. The van der Waals surface area contributed by atoms with Gasteiger partial charge in [-0.05, 0) is 19.1 Å². The van der Waals surface area contributed by atoms with Gasteiger partial charge in [-0.25, -0.2) is 4.98 Å². The van der Waals surface area contributed by atoms with Crippen LogP contribution >= 0.6 is 0 Å². The van der Waals surface area contributed by atoms with Crippen LogP contribution in [0.4, 0.5) is 0 Å². The van der Waals surface area contributed by atoms with E-state index < -0.39 is 0 Å². The van der Waals surface area contributed by atoms with E-state index in [0.29, 0.717) is 6.61 Å². The van der Waals surface area contributed by atoms with Crippen LogP contribution in [0.15, 0.2) is 24.3 Å². The third kappa shape index (κ3) is 2.20. The molecule has 1 aliphatic rings. The lowest BCUT2D eigenvalue weighted by atomic mass is 10.1. The van der Waals surface area contributed by atoms with Gasteiger partial charge in [0.25, 0.3) is 0 Å². The number of hydrogen-bond acceptors (Lipinski definition) is 3. The number of rotatable bonds is 4. The Labute approximate surface area is 119 Å². The molecule has 2 aromatic rings. The second-order valence-corrected chi connectivity index (χ2v) is 4.94. The van der Waals surface area contributed by atoms with Gasteiger partial charge >= 0.3 is 0 Å². The lowest BCUT2D eigenvalue weighted by molar-refractivity contribution is 0.338. The maximum atomic E-state index is 5.79. The van der Waals surface area contributed by atoms with Crippen molar-refractivity contribution in [1.82, 2.24) is 14.9 Å². The van der Waals surface area contributed by atoms with Gasteiger partial charge in [0.1, 0.15) is 11.6 Å². The number of aryl methyl sites for hydroxylation is 1. The highest BCUT2D eigenvalue weighted by molar-refractivity contribution is 5.49. The van der Waals surface area contributed by atoms with E-state index >= 15 is 0 Å². The molecule has 3 rings (SSSR count). The van der Waals surface area contributed by atoms with E-state index in [2.05, 4.69) is 28.9 Å². The van der Waals surface area contributed by atoms with Crippen LogP contribution in [0.3, 0.4) is 0 Å². The van der Waals surface area contributed by atoms with Crippen molar-refractivity contribution in [1.29, 1.82) is 0 Å². The molecule has 0 atom stereocenters. The number of hydrogen-bond donors (Lipinski definition) is 1. The molecule has 1 aromatic heterocycles. The third-order valence-corrected chi connectivity index (χ3v) is 3.68. The number of benzene rings is 1. The molecule has 1 aromatic carbocycles. The second kappa shape index (κ2) is 5.67. The highest BCUT2D eigenvalue weighted by Gasteiger charge is 2.21. The van der Waals surface area contributed by atoms with Crippen LogP contribution in [0.5, 0.6) is 5.75 Å². The maximum absolute atomic E-state index is 5.79. The fourth-order valence-electron chi connectivity index (χ4n) is 2.81. The summed E-state index contributed by atoms with van der Waals surface area (Å²) in [5, 5.41) is 3.39. The molecular formula is C16H21N3O. The Bertz CT molecular complexity index is 604. The number of aromatic nitrogens is 2. The van der Waals surface area contributed by atoms with Crippen LogP contribution in [0.25, 0.3) is 5.69 Å². The topological polar surface area (TPSA) is 39.1 Å². The van der Waals surface area contributed by atoms with Crippen LogP contribution < -0.4 is 10.1 Å². The van der Waals surface area contributed by atoms with Crippen molar-refractivity contribution in [3.05, 3.63) is 41.5 Å². The minimum atomic E-state index is 0.677. The van der Waals surface area contributed by atoms with Crippen LogP contribution in [0.1, 0.15) is 31.1 Å². The molecule has 2 heterocycles. The molecule has 0 unspecified atom stereocenters. The summed E-state index contributed by atoms with van der Waals surface area (Å²) in [5.41, 5.74) is 3.62. The zero-order chi connectivity index (χ0) is 13.9. The maximum Gasteiger partial charge on any atom is 0.143 e. The normalized spacial score (nSPS) is 14.1. The van der Waals surface area contributed by atoms with Crippen molar-refractivity contribution >= 4 is 0 Å². The molecule has 106 valence electrons. The van der Waals surface area contributed by atoms with Crippen LogP contribution in [-0.2, 0) is 19.4 Å². The monoisotopic (exact) mass is 271 g/mol. The zero-order valence-electron chi connectivity index (χ0n) is 12.1. The van der Waals surface area contributed by atoms with Gasteiger partial charge in [-0.3, -0.25) is 4.57 Å². The summed E-state index contributed by atoms with van der Waals surface area (Å²) in [5.74, 6) is 2.05. The van der Waals surface area contributed by atoms with Crippen molar-refractivity contribution in [3.63, 3.8) is 0 Å². The Balaban J connectivity index is 2.16. The fourth-order valence-corrected chi connectivity index (χ4v) is 2.81. The molecule has 4 heteroatoms. The Morgan fingerprint density at radius 3 is 2.95 bits per heavy atom. The van der Waals surface area contributed by atoms with Gasteiger partial charge in [-0.1, -0.05) is 19.1 Å². The highest BCUT2D eigenvalue weighted by atomic mass is 16.5. The third-order valence-electron chi connectivity index (χ3n) is 3.68. The number of nitrogens with zero attached hydrogens (tertiary/aromatic N) is 2. The van der Waals surface area contributed by atoms with Gasteiger partial charge in [0, 0.05) is 31.6 Å². The van der Waals surface area contributed by atoms with E-state index in [9.17, 15) is 0 Å². The van der Waals surface area contributed by atoms with Gasteiger partial charge in [-0.2, -0.15) is 0 Å². The largest absolute Gasteiger partial charge is 0.492 e. The molecule has 0 fully saturated rings.